The standard InChI is InChI=1S/C28H33N7O3/c1-17-7-6-8-22(18(17)2)33-9-11-34(12-10-33)25(26-30-31-32-35(26)28(3,4)5)20-13-19-14-23-24(38-16-37-23)15-21(19)29-27(20)36/h6-8,13-15,25H,9-12,16H2,1-5H3,(H,29,36)/t25-/m1/s1. The van der Waals surface area contributed by atoms with Crippen LogP contribution in [0.5, 0.6) is 11.5 Å². The van der Waals surface area contributed by atoms with E-state index in [1.807, 2.05) is 22.9 Å². The van der Waals surface area contributed by atoms with Crippen LogP contribution < -0.4 is 19.9 Å². The summed E-state index contributed by atoms with van der Waals surface area (Å²) in [6, 6.07) is 11.7. The Bertz CT molecular complexity index is 1560. The molecule has 6 rings (SSSR count). The molecule has 1 N–H and O–H groups in total. The van der Waals surface area contributed by atoms with Gasteiger partial charge in [-0.25, -0.2) is 4.68 Å². The van der Waals surface area contributed by atoms with Crippen LogP contribution in [0.1, 0.15) is 49.3 Å². The van der Waals surface area contributed by atoms with E-state index in [0.717, 1.165) is 31.6 Å². The lowest BCUT2D eigenvalue weighted by molar-refractivity contribution is 0.174. The first-order valence-electron chi connectivity index (χ1n) is 13.0. The normalized spacial score (nSPS) is 16.8. The van der Waals surface area contributed by atoms with Crippen molar-refractivity contribution in [1.29, 1.82) is 0 Å². The Morgan fingerprint density at radius 2 is 1.74 bits per heavy atom. The number of ether oxygens (including phenoxy) is 2. The van der Waals surface area contributed by atoms with E-state index < -0.39 is 6.04 Å². The number of hydrogen-bond donors (Lipinski definition) is 1. The van der Waals surface area contributed by atoms with Crippen molar-refractivity contribution in [2.75, 3.05) is 37.9 Å². The van der Waals surface area contributed by atoms with E-state index in [2.05, 4.69) is 83.1 Å². The molecule has 2 aliphatic heterocycles. The maximum absolute atomic E-state index is 13.6. The van der Waals surface area contributed by atoms with Crippen LogP contribution in [0.15, 0.2) is 41.2 Å². The summed E-state index contributed by atoms with van der Waals surface area (Å²) >= 11 is 0. The summed E-state index contributed by atoms with van der Waals surface area (Å²) in [5.41, 5.74) is 4.65. The number of pyridine rings is 1. The Morgan fingerprint density at radius 1 is 1.00 bits per heavy atom. The quantitative estimate of drug-likeness (QED) is 0.441. The number of aromatic nitrogens is 5. The summed E-state index contributed by atoms with van der Waals surface area (Å²) in [7, 11) is 0. The molecule has 1 fully saturated rings. The van der Waals surface area contributed by atoms with Gasteiger partial charge in [0.05, 0.1) is 11.1 Å². The molecular formula is C28H33N7O3. The average Bonchev–Trinajstić information content (AvgIpc) is 3.55. The first-order chi connectivity index (χ1) is 18.2. The van der Waals surface area contributed by atoms with Gasteiger partial charge in [0.25, 0.3) is 5.56 Å². The van der Waals surface area contributed by atoms with Crippen LogP contribution in [0.4, 0.5) is 5.69 Å². The minimum atomic E-state index is -0.413. The number of anilines is 1. The maximum atomic E-state index is 13.6. The predicted octanol–water partition coefficient (Wildman–Crippen LogP) is 3.53. The maximum Gasteiger partial charge on any atom is 0.253 e. The van der Waals surface area contributed by atoms with Crippen molar-refractivity contribution in [2.45, 2.75) is 46.2 Å². The highest BCUT2D eigenvalue weighted by molar-refractivity contribution is 5.83. The van der Waals surface area contributed by atoms with Gasteiger partial charge in [0.2, 0.25) is 6.79 Å². The van der Waals surface area contributed by atoms with Gasteiger partial charge in [-0.15, -0.1) is 5.10 Å². The van der Waals surface area contributed by atoms with Gasteiger partial charge in [-0.1, -0.05) is 12.1 Å². The second kappa shape index (κ2) is 9.13. The highest BCUT2D eigenvalue weighted by Crippen LogP contribution is 2.37. The number of fused-ring (bicyclic) bond motifs is 2. The second-order valence-electron chi connectivity index (χ2n) is 11.1. The van der Waals surface area contributed by atoms with Crippen LogP contribution in [-0.2, 0) is 5.54 Å². The number of hydrogen-bond acceptors (Lipinski definition) is 8. The smallest absolute Gasteiger partial charge is 0.253 e. The van der Waals surface area contributed by atoms with Gasteiger partial charge in [-0.05, 0) is 74.4 Å². The molecule has 10 nitrogen and oxygen atoms in total. The largest absolute Gasteiger partial charge is 0.454 e. The Hall–Kier alpha value is -3.92. The number of benzene rings is 2. The highest BCUT2D eigenvalue weighted by atomic mass is 16.7. The minimum Gasteiger partial charge on any atom is -0.454 e. The number of nitrogens with zero attached hydrogens (tertiary/aromatic N) is 6. The molecule has 0 amide bonds. The van der Waals surface area contributed by atoms with E-state index in [0.29, 0.717) is 28.4 Å². The molecule has 198 valence electrons. The van der Waals surface area contributed by atoms with E-state index in [1.54, 1.807) is 0 Å². The zero-order chi connectivity index (χ0) is 26.6. The first-order valence-corrected chi connectivity index (χ1v) is 13.0. The Balaban J connectivity index is 1.41. The first kappa shape index (κ1) is 24.4. The summed E-state index contributed by atoms with van der Waals surface area (Å²) in [5, 5.41) is 13.7. The number of rotatable bonds is 4. The number of nitrogens with one attached hydrogen (secondary N) is 1. The number of H-pyrrole nitrogens is 1. The lowest BCUT2D eigenvalue weighted by Crippen LogP contribution is -2.49. The van der Waals surface area contributed by atoms with Crippen LogP contribution in [0.25, 0.3) is 10.9 Å². The van der Waals surface area contributed by atoms with Crippen molar-refractivity contribution in [3.63, 3.8) is 0 Å². The molecule has 4 aromatic rings. The van der Waals surface area contributed by atoms with Crippen LogP contribution >= 0.6 is 0 Å². The molecule has 0 unspecified atom stereocenters. The second-order valence-corrected chi connectivity index (χ2v) is 11.1. The van der Waals surface area contributed by atoms with Crippen LogP contribution in [0.2, 0.25) is 0 Å². The number of piperazine rings is 1. The van der Waals surface area contributed by atoms with Gasteiger partial charge in [0.15, 0.2) is 17.3 Å². The molecule has 1 saturated heterocycles. The van der Waals surface area contributed by atoms with E-state index >= 15 is 0 Å². The fourth-order valence-corrected chi connectivity index (χ4v) is 5.46. The fourth-order valence-electron chi connectivity index (χ4n) is 5.46. The van der Waals surface area contributed by atoms with Crippen molar-refractivity contribution < 1.29 is 9.47 Å². The lowest BCUT2D eigenvalue weighted by atomic mass is 10.0. The average molecular weight is 516 g/mol. The van der Waals surface area contributed by atoms with E-state index in [-0.39, 0.29) is 17.9 Å². The molecule has 4 heterocycles. The van der Waals surface area contributed by atoms with Crippen molar-refractivity contribution >= 4 is 16.6 Å². The Kier molecular flexibility index (Phi) is 5.86. The summed E-state index contributed by atoms with van der Waals surface area (Å²) in [5.74, 6) is 1.97. The fraction of sp³-hybridized carbons (Fsp3) is 0.429. The highest BCUT2D eigenvalue weighted by Gasteiger charge is 2.35. The molecule has 2 aliphatic rings. The summed E-state index contributed by atoms with van der Waals surface area (Å²) in [6.07, 6.45) is 0. The molecular weight excluding hydrogens is 482 g/mol. The zero-order valence-electron chi connectivity index (χ0n) is 22.5. The molecule has 38 heavy (non-hydrogen) atoms. The van der Waals surface area contributed by atoms with Gasteiger partial charge in [-0.2, -0.15) is 0 Å². The van der Waals surface area contributed by atoms with E-state index in [4.69, 9.17) is 9.47 Å². The summed E-state index contributed by atoms with van der Waals surface area (Å²) in [4.78, 5) is 21.4. The Morgan fingerprint density at radius 3 is 2.47 bits per heavy atom. The SMILES string of the molecule is Cc1cccc(N2CCN([C@H](c3cc4cc5c(cc4[nH]c3=O)OCO5)c3nnnn3C(C)(C)C)CC2)c1C. The molecule has 0 aliphatic carbocycles. The molecule has 0 spiro atoms. The zero-order valence-corrected chi connectivity index (χ0v) is 22.5. The van der Waals surface area contributed by atoms with Crippen molar-refractivity contribution in [3.8, 4) is 11.5 Å². The lowest BCUT2D eigenvalue weighted by Gasteiger charge is -2.40. The van der Waals surface area contributed by atoms with Crippen LogP contribution in [-0.4, -0.2) is 63.1 Å². The third-order valence-electron chi connectivity index (χ3n) is 7.63. The third-order valence-corrected chi connectivity index (χ3v) is 7.63. The van der Waals surface area contributed by atoms with Crippen molar-refractivity contribution in [2.24, 2.45) is 0 Å². The monoisotopic (exact) mass is 515 g/mol. The molecule has 10 heteroatoms. The molecule has 0 bridgehead atoms. The molecule has 2 aromatic heterocycles. The molecule has 0 saturated carbocycles. The molecule has 2 aromatic carbocycles. The summed E-state index contributed by atoms with van der Waals surface area (Å²) < 4.78 is 12.9. The van der Waals surface area contributed by atoms with Gasteiger partial charge < -0.3 is 19.4 Å². The Labute approximate surface area is 221 Å². The van der Waals surface area contributed by atoms with Crippen molar-refractivity contribution in [1.82, 2.24) is 30.1 Å². The van der Waals surface area contributed by atoms with E-state index in [9.17, 15) is 4.79 Å². The summed E-state index contributed by atoms with van der Waals surface area (Å²) in [6.45, 7) is 13.9. The van der Waals surface area contributed by atoms with Gasteiger partial charge in [0.1, 0.15) is 6.04 Å². The minimum absolute atomic E-state index is 0.165. The van der Waals surface area contributed by atoms with Gasteiger partial charge in [-0.3, -0.25) is 9.69 Å². The number of tetrazole rings is 1. The van der Waals surface area contributed by atoms with E-state index in [1.165, 1.54) is 16.8 Å². The van der Waals surface area contributed by atoms with Gasteiger partial charge in [0, 0.05) is 48.9 Å². The van der Waals surface area contributed by atoms with Gasteiger partial charge >= 0.3 is 0 Å². The number of aromatic amines is 1. The third kappa shape index (κ3) is 4.18. The topological polar surface area (TPSA) is 101 Å². The van der Waals surface area contributed by atoms with Crippen LogP contribution in [0, 0.1) is 13.8 Å². The van der Waals surface area contributed by atoms with Crippen LogP contribution in [0.3, 0.4) is 0 Å². The van der Waals surface area contributed by atoms with Crippen molar-refractivity contribution in [3.05, 3.63) is 69.3 Å². The molecule has 1 atom stereocenters. The molecule has 0 radical (unpaired) electrons. The predicted molar refractivity (Wildman–Crippen MR) is 145 cm³/mol. The number of aryl methyl sites for hydroxylation is 1.